The predicted octanol–water partition coefficient (Wildman–Crippen LogP) is 1.92. The number of benzene rings is 1. The molecule has 1 unspecified atom stereocenters. The molecule has 0 fully saturated rings. The number of primary amides is 1. The number of carbonyl (C=O) groups excluding carboxylic acids is 1. The van der Waals surface area contributed by atoms with Crippen molar-refractivity contribution in [3.8, 4) is 5.75 Å². The van der Waals surface area contributed by atoms with Crippen LogP contribution in [0.25, 0.3) is 0 Å². The van der Waals surface area contributed by atoms with Gasteiger partial charge in [-0.25, -0.2) is 4.39 Å². The summed E-state index contributed by atoms with van der Waals surface area (Å²) < 4.78 is 18.7. The van der Waals surface area contributed by atoms with Gasteiger partial charge in [-0.05, 0) is 37.6 Å². The molecule has 0 spiro atoms. The van der Waals surface area contributed by atoms with Gasteiger partial charge in [-0.15, -0.1) is 0 Å². The maximum absolute atomic E-state index is 13.8. The number of nitrogens with one attached hydrogen (secondary N) is 1. The average Bonchev–Trinajstić information content (AvgIpc) is 2.35. The molecule has 0 saturated carbocycles. The second kappa shape index (κ2) is 6.52. The van der Waals surface area contributed by atoms with Crippen molar-refractivity contribution in [1.82, 2.24) is 5.32 Å². The fourth-order valence-corrected chi connectivity index (χ4v) is 2.03. The Morgan fingerprint density at radius 1 is 1.53 bits per heavy atom. The smallest absolute Gasteiger partial charge is 0.219 e. The molecule has 4 nitrogen and oxygen atoms in total. The normalized spacial score (nSPS) is 13.9. The molecule has 106 valence electrons. The number of rotatable bonds is 7. The molecule has 1 rings (SSSR count). The molecule has 0 bridgehead atoms. The highest BCUT2D eigenvalue weighted by Gasteiger charge is 2.28. The van der Waals surface area contributed by atoms with E-state index in [-0.39, 0.29) is 12.2 Å². The minimum absolute atomic E-state index is 0.110. The lowest BCUT2D eigenvalue weighted by Crippen LogP contribution is -2.43. The second-order valence-corrected chi connectivity index (χ2v) is 4.75. The van der Waals surface area contributed by atoms with Gasteiger partial charge in [-0.1, -0.05) is 13.0 Å². The molecule has 1 atom stereocenters. The highest BCUT2D eigenvalue weighted by molar-refractivity contribution is 5.75. The van der Waals surface area contributed by atoms with E-state index in [1.54, 1.807) is 12.1 Å². The monoisotopic (exact) mass is 268 g/mol. The van der Waals surface area contributed by atoms with E-state index < -0.39 is 17.3 Å². The van der Waals surface area contributed by atoms with Crippen LogP contribution in [-0.2, 0) is 10.3 Å². The lowest BCUT2D eigenvalue weighted by atomic mass is 9.88. The summed E-state index contributed by atoms with van der Waals surface area (Å²) in [6.07, 6.45) is 1.02. The molecule has 0 aliphatic carbocycles. The van der Waals surface area contributed by atoms with Gasteiger partial charge >= 0.3 is 0 Å². The highest BCUT2D eigenvalue weighted by Crippen LogP contribution is 2.28. The summed E-state index contributed by atoms with van der Waals surface area (Å²) in [6, 6.07) is 4.68. The van der Waals surface area contributed by atoms with Crippen molar-refractivity contribution in [1.29, 1.82) is 0 Å². The van der Waals surface area contributed by atoms with Crippen LogP contribution < -0.4 is 15.8 Å². The van der Waals surface area contributed by atoms with Gasteiger partial charge in [0.25, 0.3) is 0 Å². The highest BCUT2D eigenvalue weighted by atomic mass is 19.1. The first-order valence-corrected chi connectivity index (χ1v) is 6.30. The number of hydrogen-bond donors (Lipinski definition) is 2. The average molecular weight is 268 g/mol. The van der Waals surface area contributed by atoms with Crippen molar-refractivity contribution < 1.29 is 13.9 Å². The summed E-state index contributed by atoms with van der Waals surface area (Å²) in [5, 5.41) is 3.25. The van der Waals surface area contributed by atoms with Crippen molar-refractivity contribution in [2.45, 2.75) is 32.2 Å². The van der Waals surface area contributed by atoms with E-state index in [0.29, 0.717) is 5.56 Å². The summed E-state index contributed by atoms with van der Waals surface area (Å²) in [7, 11) is 1.41. The summed E-state index contributed by atoms with van der Waals surface area (Å²) in [4.78, 5) is 11.2. The molecule has 0 aliphatic heterocycles. The van der Waals surface area contributed by atoms with Crippen LogP contribution in [0.4, 0.5) is 4.39 Å². The lowest BCUT2D eigenvalue weighted by Gasteiger charge is -2.30. The third-order valence-corrected chi connectivity index (χ3v) is 3.08. The van der Waals surface area contributed by atoms with Crippen LogP contribution in [0.1, 0.15) is 32.3 Å². The Balaban J connectivity index is 3.09. The van der Waals surface area contributed by atoms with Crippen LogP contribution in [0.15, 0.2) is 18.2 Å². The van der Waals surface area contributed by atoms with Gasteiger partial charge in [0, 0.05) is 12.0 Å². The Bertz CT molecular complexity index is 451. The molecule has 0 saturated heterocycles. The first kappa shape index (κ1) is 15.4. The maximum Gasteiger partial charge on any atom is 0.219 e. The van der Waals surface area contributed by atoms with E-state index in [1.165, 1.54) is 13.2 Å². The number of ether oxygens (including phenoxy) is 1. The third-order valence-electron chi connectivity index (χ3n) is 3.08. The second-order valence-electron chi connectivity index (χ2n) is 4.75. The lowest BCUT2D eigenvalue weighted by molar-refractivity contribution is -0.119. The molecular weight excluding hydrogens is 247 g/mol. The first-order chi connectivity index (χ1) is 8.92. The Labute approximate surface area is 113 Å². The minimum Gasteiger partial charge on any atom is -0.494 e. The predicted molar refractivity (Wildman–Crippen MR) is 72.4 cm³/mol. The summed E-state index contributed by atoms with van der Waals surface area (Å²) in [6.45, 7) is 4.58. The molecule has 0 aromatic heterocycles. The molecule has 0 aliphatic rings. The Morgan fingerprint density at radius 2 is 2.21 bits per heavy atom. The van der Waals surface area contributed by atoms with Crippen molar-refractivity contribution in [2.24, 2.45) is 5.73 Å². The van der Waals surface area contributed by atoms with E-state index in [1.807, 2.05) is 13.8 Å². The zero-order valence-electron chi connectivity index (χ0n) is 11.6. The number of carbonyl (C=O) groups is 1. The van der Waals surface area contributed by atoms with Crippen molar-refractivity contribution in [3.05, 3.63) is 29.6 Å². The van der Waals surface area contributed by atoms with Crippen LogP contribution >= 0.6 is 0 Å². The van der Waals surface area contributed by atoms with Gasteiger partial charge in [-0.2, -0.15) is 0 Å². The Kier molecular flexibility index (Phi) is 5.30. The standard InChI is InChI=1S/C14H21FN2O2/c1-4-7-17-14(2,9-13(16)18)10-5-6-12(19-3)11(15)8-10/h5-6,8,17H,4,7,9H2,1-3H3,(H2,16,18). The van der Waals surface area contributed by atoms with Crippen LogP contribution in [-0.4, -0.2) is 19.6 Å². The molecule has 5 heteroatoms. The van der Waals surface area contributed by atoms with E-state index in [2.05, 4.69) is 5.32 Å². The van der Waals surface area contributed by atoms with Gasteiger partial charge in [0.15, 0.2) is 11.6 Å². The van der Waals surface area contributed by atoms with Gasteiger partial charge in [0.2, 0.25) is 5.91 Å². The number of amides is 1. The SMILES string of the molecule is CCCNC(C)(CC(N)=O)c1ccc(OC)c(F)c1. The van der Waals surface area contributed by atoms with E-state index in [4.69, 9.17) is 10.5 Å². The van der Waals surface area contributed by atoms with E-state index >= 15 is 0 Å². The van der Waals surface area contributed by atoms with Crippen LogP contribution in [0.5, 0.6) is 5.75 Å². The summed E-state index contributed by atoms with van der Waals surface area (Å²) >= 11 is 0. The molecular formula is C14H21FN2O2. The number of methoxy groups -OCH3 is 1. The first-order valence-electron chi connectivity index (χ1n) is 6.30. The Hall–Kier alpha value is -1.62. The van der Waals surface area contributed by atoms with Gasteiger partial charge in [0.1, 0.15) is 0 Å². The van der Waals surface area contributed by atoms with Crippen LogP contribution in [0.3, 0.4) is 0 Å². The van der Waals surface area contributed by atoms with Crippen LogP contribution in [0, 0.1) is 5.82 Å². The minimum atomic E-state index is -0.672. The van der Waals surface area contributed by atoms with Crippen molar-refractivity contribution in [3.63, 3.8) is 0 Å². The maximum atomic E-state index is 13.8. The van der Waals surface area contributed by atoms with E-state index in [0.717, 1.165) is 13.0 Å². The molecule has 3 N–H and O–H groups in total. The zero-order valence-corrected chi connectivity index (χ0v) is 11.6. The summed E-state index contributed by atoms with van der Waals surface area (Å²) in [5.41, 5.74) is 5.29. The van der Waals surface area contributed by atoms with E-state index in [9.17, 15) is 9.18 Å². The molecule has 1 aromatic carbocycles. The van der Waals surface area contributed by atoms with Gasteiger partial charge < -0.3 is 15.8 Å². The molecule has 1 aromatic rings. The molecule has 0 heterocycles. The van der Waals surface area contributed by atoms with Crippen LogP contribution in [0.2, 0.25) is 0 Å². The van der Waals surface area contributed by atoms with Crippen molar-refractivity contribution >= 4 is 5.91 Å². The topological polar surface area (TPSA) is 64.3 Å². The number of nitrogens with two attached hydrogens (primary N) is 1. The van der Waals surface area contributed by atoms with Gasteiger partial charge in [-0.3, -0.25) is 4.79 Å². The quantitative estimate of drug-likeness (QED) is 0.794. The number of hydrogen-bond acceptors (Lipinski definition) is 3. The molecule has 0 radical (unpaired) electrons. The summed E-state index contributed by atoms with van der Waals surface area (Å²) in [5.74, 6) is -0.697. The van der Waals surface area contributed by atoms with Crippen molar-refractivity contribution in [2.75, 3.05) is 13.7 Å². The molecule has 1 amide bonds. The zero-order chi connectivity index (χ0) is 14.5. The fourth-order valence-electron chi connectivity index (χ4n) is 2.03. The third kappa shape index (κ3) is 3.92. The molecule has 19 heavy (non-hydrogen) atoms. The fraction of sp³-hybridized carbons (Fsp3) is 0.500. The van der Waals surface area contributed by atoms with Gasteiger partial charge in [0.05, 0.1) is 7.11 Å². The largest absolute Gasteiger partial charge is 0.494 e. The number of halogens is 1. The Morgan fingerprint density at radius 3 is 2.68 bits per heavy atom.